The van der Waals surface area contributed by atoms with E-state index < -0.39 is 17.2 Å². The summed E-state index contributed by atoms with van der Waals surface area (Å²) in [7, 11) is 0. The normalized spacial score (nSPS) is 22.4. The molecule has 9 heteroatoms. The van der Waals surface area contributed by atoms with E-state index in [-0.39, 0.29) is 35.3 Å². The van der Waals surface area contributed by atoms with Crippen LogP contribution in [-0.4, -0.2) is 45.1 Å². The van der Waals surface area contributed by atoms with Gasteiger partial charge in [0, 0.05) is 24.6 Å². The number of rotatable bonds is 4. The first-order chi connectivity index (χ1) is 14.2. The van der Waals surface area contributed by atoms with E-state index in [9.17, 15) is 18.4 Å². The predicted molar refractivity (Wildman–Crippen MR) is 104 cm³/mol. The number of benzene rings is 1. The minimum atomic E-state index is -0.701. The fourth-order valence-corrected chi connectivity index (χ4v) is 4.15. The molecule has 0 spiro atoms. The average molecular weight is 416 g/mol. The topological polar surface area (TPSA) is 84.4 Å². The zero-order valence-corrected chi connectivity index (χ0v) is 16.7. The molecule has 158 valence electrons. The molecule has 2 saturated heterocycles. The molecule has 2 aliphatic rings. The Labute approximate surface area is 172 Å². The Morgan fingerprint density at radius 1 is 1.23 bits per heavy atom. The van der Waals surface area contributed by atoms with Crippen molar-refractivity contribution in [3.05, 3.63) is 42.2 Å². The predicted octanol–water partition coefficient (Wildman–Crippen LogP) is 3.76. The lowest BCUT2D eigenvalue weighted by atomic mass is 9.82. The number of aromatic nitrogens is 2. The fourth-order valence-electron chi connectivity index (χ4n) is 4.15. The molecule has 4 rings (SSSR count). The van der Waals surface area contributed by atoms with Crippen LogP contribution in [0, 0.1) is 17.6 Å². The zero-order chi connectivity index (χ0) is 21.5. The van der Waals surface area contributed by atoms with Gasteiger partial charge in [-0.2, -0.15) is 0 Å². The molecule has 0 bridgehead atoms. The maximum atomic E-state index is 13.4. The Bertz CT molecular complexity index is 960. The van der Waals surface area contributed by atoms with Gasteiger partial charge >= 0.3 is 6.09 Å². The standard InChI is InChI=1S/C21H22F2N4O3/c1-21(2)17-5-12(3-4-27(17)20(29)30-21)6-19(28)26-18-11-24-16(10-25-18)13-7-14(22)9-15(23)8-13/h7-12,17H,3-6H2,1-2H3,(H,25,26,28). The molecule has 2 atom stereocenters. The zero-order valence-electron chi connectivity index (χ0n) is 16.7. The summed E-state index contributed by atoms with van der Waals surface area (Å²) in [6.45, 7) is 4.35. The summed E-state index contributed by atoms with van der Waals surface area (Å²) in [6, 6.07) is 3.07. The smallest absolute Gasteiger partial charge is 0.410 e. The van der Waals surface area contributed by atoms with Crippen LogP contribution in [0.3, 0.4) is 0 Å². The highest BCUT2D eigenvalue weighted by Gasteiger charge is 2.50. The number of amides is 2. The van der Waals surface area contributed by atoms with Gasteiger partial charge in [0.25, 0.3) is 0 Å². The number of nitrogens with zero attached hydrogens (tertiary/aromatic N) is 3. The second kappa shape index (κ2) is 7.62. The molecule has 30 heavy (non-hydrogen) atoms. The van der Waals surface area contributed by atoms with Crippen LogP contribution < -0.4 is 5.32 Å². The molecule has 2 aromatic rings. The maximum absolute atomic E-state index is 13.4. The van der Waals surface area contributed by atoms with Gasteiger partial charge in [0.2, 0.25) is 5.91 Å². The quantitative estimate of drug-likeness (QED) is 0.821. The van der Waals surface area contributed by atoms with Crippen molar-refractivity contribution in [3.63, 3.8) is 0 Å². The molecular formula is C21H22F2N4O3. The minimum Gasteiger partial charge on any atom is -0.441 e. The van der Waals surface area contributed by atoms with Crippen LogP contribution in [0.25, 0.3) is 11.3 Å². The molecule has 1 aromatic carbocycles. The second-order valence-electron chi connectivity index (χ2n) is 8.27. The second-order valence-corrected chi connectivity index (χ2v) is 8.27. The molecule has 2 fully saturated rings. The molecular weight excluding hydrogens is 394 g/mol. The Balaban J connectivity index is 1.36. The van der Waals surface area contributed by atoms with Gasteiger partial charge in [0.05, 0.1) is 24.1 Å². The third-order valence-electron chi connectivity index (χ3n) is 5.65. The fraction of sp³-hybridized carbons (Fsp3) is 0.429. The third-order valence-corrected chi connectivity index (χ3v) is 5.65. The van der Waals surface area contributed by atoms with Gasteiger partial charge in [-0.25, -0.2) is 18.6 Å². The number of hydrogen-bond donors (Lipinski definition) is 1. The largest absolute Gasteiger partial charge is 0.441 e. The number of halogens is 2. The number of nitrogens with one attached hydrogen (secondary N) is 1. The number of piperidine rings is 1. The SMILES string of the molecule is CC1(C)OC(=O)N2CCC(CC(=O)Nc3cnc(-c4cc(F)cc(F)c4)cn3)CC21. The Kier molecular flexibility index (Phi) is 5.13. The summed E-state index contributed by atoms with van der Waals surface area (Å²) in [5, 5.41) is 2.71. The van der Waals surface area contributed by atoms with Crippen LogP contribution in [0.2, 0.25) is 0 Å². The van der Waals surface area contributed by atoms with E-state index in [1.165, 1.54) is 12.4 Å². The number of fused-ring (bicyclic) bond motifs is 1. The van der Waals surface area contributed by atoms with E-state index in [1.54, 1.807) is 4.90 Å². The van der Waals surface area contributed by atoms with Crippen molar-refractivity contribution in [3.8, 4) is 11.3 Å². The molecule has 1 N–H and O–H groups in total. The number of ether oxygens (including phenoxy) is 1. The number of carbonyl (C=O) groups excluding carboxylic acids is 2. The van der Waals surface area contributed by atoms with E-state index in [0.29, 0.717) is 25.1 Å². The molecule has 1 aromatic heterocycles. The molecule has 0 saturated carbocycles. The van der Waals surface area contributed by atoms with Gasteiger partial charge in [-0.15, -0.1) is 0 Å². The summed E-state index contributed by atoms with van der Waals surface area (Å²) in [6.07, 6.45) is 4.14. The first-order valence-corrected chi connectivity index (χ1v) is 9.79. The molecule has 2 unspecified atom stereocenters. The summed E-state index contributed by atoms with van der Waals surface area (Å²) in [4.78, 5) is 34.4. The van der Waals surface area contributed by atoms with Crippen molar-refractivity contribution < 1.29 is 23.1 Å². The summed E-state index contributed by atoms with van der Waals surface area (Å²) < 4.78 is 32.2. The van der Waals surface area contributed by atoms with Gasteiger partial charge in [0.15, 0.2) is 5.82 Å². The molecule has 7 nitrogen and oxygen atoms in total. The van der Waals surface area contributed by atoms with Crippen molar-refractivity contribution in [2.75, 3.05) is 11.9 Å². The van der Waals surface area contributed by atoms with Crippen molar-refractivity contribution in [2.24, 2.45) is 5.92 Å². The summed E-state index contributed by atoms with van der Waals surface area (Å²) in [5.41, 5.74) is -0.00307. The molecule has 0 radical (unpaired) electrons. The lowest BCUT2D eigenvalue weighted by molar-refractivity contribution is -0.117. The van der Waals surface area contributed by atoms with Crippen LogP contribution >= 0.6 is 0 Å². The molecule has 0 aliphatic carbocycles. The lowest BCUT2D eigenvalue weighted by Crippen LogP contribution is -2.47. The number of cyclic esters (lactones) is 1. The van der Waals surface area contributed by atoms with Gasteiger partial charge < -0.3 is 15.0 Å². The molecule has 3 heterocycles. The number of carbonyl (C=O) groups is 2. The van der Waals surface area contributed by atoms with Crippen LogP contribution in [0.15, 0.2) is 30.6 Å². The highest BCUT2D eigenvalue weighted by molar-refractivity contribution is 5.89. The number of anilines is 1. The van der Waals surface area contributed by atoms with Crippen LogP contribution in [-0.2, 0) is 9.53 Å². The minimum absolute atomic E-state index is 0.0395. The average Bonchev–Trinajstić information content (AvgIpc) is 2.90. The lowest BCUT2D eigenvalue weighted by Gasteiger charge is -2.36. The van der Waals surface area contributed by atoms with Crippen molar-refractivity contribution >= 4 is 17.8 Å². The first kappa shape index (κ1) is 20.2. The van der Waals surface area contributed by atoms with Gasteiger partial charge in [0.1, 0.15) is 17.2 Å². The van der Waals surface area contributed by atoms with E-state index in [2.05, 4.69) is 15.3 Å². The van der Waals surface area contributed by atoms with E-state index in [0.717, 1.165) is 24.6 Å². The van der Waals surface area contributed by atoms with E-state index in [1.807, 2.05) is 13.8 Å². The van der Waals surface area contributed by atoms with Crippen molar-refractivity contribution in [1.82, 2.24) is 14.9 Å². The van der Waals surface area contributed by atoms with Crippen LogP contribution in [0.5, 0.6) is 0 Å². The van der Waals surface area contributed by atoms with Gasteiger partial charge in [-0.3, -0.25) is 9.78 Å². The van der Waals surface area contributed by atoms with Gasteiger partial charge in [-0.1, -0.05) is 0 Å². The first-order valence-electron chi connectivity index (χ1n) is 9.79. The molecule has 2 amide bonds. The highest BCUT2D eigenvalue weighted by atomic mass is 19.1. The summed E-state index contributed by atoms with van der Waals surface area (Å²) >= 11 is 0. The Hall–Kier alpha value is -3.10. The Morgan fingerprint density at radius 3 is 2.63 bits per heavy atom. The van der Waals surface area contributed by atoms with Crippen LogP contribution in [0.4, 0.5) is 19.4 Å². The molecule has 2 aliphatic heterocycles. The monoisotopic (exact) mass is 416 g/mol. The highest BCUT2D eigenvalue weighted by Crippen LogP contribution is 2.38. The van der Waals surface area contributed by atoms with Gasteiger partial charge in [-0.05, 0) is 44.7 Å². The number of hydrogen-bond acceptors (Lipinski definition) is 5. The van der Waals surface area contributed by atoms with E-state index in [4.69, 9.17) is 4.74 Å². The van der Waals surface area contributed by atoms with E-state index >= 15 is 0 Å². The van der Waals surface area contributed by atoms with Crippen LogP contribution in [0.1, 0.15) is 33.1 Å². The van der Waals surface area contributed by atoms with Crippen molar-refractivity contribution in [2.45, 2.75) is 44.8 Å². The van der Waals surface area contributed by atoms with Crippen molar-refractivity contribution in [1.29, 1.82) is 0 Å². The summed E-state index contributed by atoms with van der Waals surface area (Å²) in [5.74, 6) is -1.21. The third kappa shape index (κ3) is 4.10. The Morgan fingerprint density at radius 2 is 1.97 bits per heavy atom. The maximum Gasteiger partial charge on any atom is 0.410 e.